The predicted molar refractivity (Wildman–Crippen MR) is 127 cm³/mol. The number of sulfone groups is 1. The summed E-state index contributed by atoms with van der Waals surface area (Å²) in [4.78, 5) is 12.9. The SMILES string of the molecule is CCOC(=O)c1c(-c2ccc(C(F)(F)F)cc2)oc2cc(NS(=O)(=O)CS(C)(=O)=O)c(C3CC3)cc12. The van der Waals surface area contributed by atoms with Crippen LogP contribution in [0.25, 0.3) is 22.3 Å². The maximum Gasteiger partial charge on any atom is 0.416 e. The number of benzene rings is 2. The minimum absolute atomic E-state index is 0.000878. The minimum atomic E-state index is -4.55. The van der Waals surface area contributed by atoms with E-state index >= 15 is 0 Å². The third-order valence-corrected chi connectivity index (χ3v) is 8.95. The van der Waals surface area contributed by atoms with Gasteiger partial charge >= 0.3 is 12.1 Å². The lowest BCUT2D eigenvalue weighted by molar-refractivity contribution is -0.137. The van der Waals surface area contributed by atoms with Crippen molar-refractivity contribution in [1.29, 1.82) is 0 Å². The largest absolute Gasteiger partial charge is 0.462 e. The van der Waals surface area contributed by atoms with Crippen molar-refractivity contribution in [2.75, 3.05) is 22.7 Å². The topological polar surface area (TPSA) is 120 Å². The van der Waals surface area contributed by atoms with Crippen molar-refractivity contribution < 1.29 is 44.0 Å². The van der Waals surface area contributed by atoms with Gasteiger partial charge in [-0.15, -0.1) is 0 Å². The van der Waals surface area contributed by atoms with E-state index in [2.05, 4.69) is 4.72 Å². The highest BCUT2D eigenvalue weighted by Crippen LogP contribution is 2.47. The number of halogens is 3. The van der Waals surface area contributed by atoms with Crippen molar-refractivity contribution in [2.45, 2.75) is 31.9 Å². The highest BCUT2D eigenvalue weighted by atomic mass is 32.3. The summed E-state index contributed by atoms with van der Waals surface area (Å²) in [6.07, 6.45) is -2.24. The molecular formula is C23H22F3NO7S2. The van der Waals surface area contributed by atoms with E-state index in [-0.39, 0.29) is 40.7 Å². The first-order valence-corrected chi connectivity index (χ1v) is 14.5. The van der Waals surface area contributed by atoms with Crippen LogP contribution in [0.5, 0.6) is 0 Å². The third-order valence-electron chi connectivity index (χ3n) is 5.47. The molecule has 0 saturated heterocycles. The number of furan rings is 1. The Morgan fingerprint density at radius 2 is 1.75 bits per heavy atom. The van der Waals surface area contributed by atoms with E-state index < -0.39 is 42.7 Å². The van der Waals surface area contributed by atoms with Crippen molar-refractivity contribution in [3.8, 4) is 11.3 Å². The molecule has 194 valence electrons. The van der Waals surface area contributed by atoms with Crippen LogP contribution in [-0.4, -0.2) is 40.8 Å². The molecule has 0 bridgehead atoms. The Labute approximate surface area is 205 Å². The zero-order valence-corrected chi connectivity index (χ0v) is 20.8. The molecule has 3 aromatic rings. The smallest absolute Gasteiger partial charge is 0.416 e. The number of esters is 1. The Hall–Kier alpha value is -3.06. The molecule has 1 heterocycles. The maximum atomic E-state index is 13.0. The number of hydrogen-bond acceptors (Lipinski definition) is 7. The van der Waals surface area contributed by atoms with E-state index in [4.69, 9.17) is 9.15 Å². The first kappa shape index (κ1) is 26.0. The second-order valence-electron chi connectivity index (χ2n) is 8.57. The van der Waals surface area contributed by atoms with Crippen molar-refractivity contribution in [2.24, 2.45) is 0 Å². The molecule has 8 nitrogen and oxygen atoms in total. The number of fused-ring (bicyclic) bond motifs is 1. The summed E-state index contributed by atoms with van der Waals surface area (Å²) in [5, 5.41) is -0.818. The van der Waals surface area contributed by atoms with Gasteiger partial charge in [0.1, 0.15) is 16.9 Å². The number of alkyl halides is 3. The van der Waals surface area contributed by atoms with Gasteiger partial charge in [0.05, 0.1) is 17.9 Å². The van der Waals surface area contributed by atoms with E-state index in [1.165, 1.54) is 18.2 Å². The summed E-state index contributed by atoms with van der Waals surface area (Å²) < 4.78 is 100. The van der Waals surface area contributed by atoms with Gasteiger partial charge in [0.15, 0.2) is 14.9 Å². The summed E-state index contributed by atoms with van der Waals surface area (Å²) in [5.41, 5.74) is 0.0446. The van der Waals surface area contributed by atoms with Crippen LogP contribution in [0.1, 0.15) is 47.2 Å². The average molecular weight is 546 g/mol. The van der Waals surface area contributed by atoms with E-state index in [9.17, 15) is 34.8 Å². The Morgan fingerprint density at radius 1 is 1.11 bits per heavy atom. The molecule has 36 heavy (non-hydrogen) atoms. The highest BCUT2D eigenvalue weighted by molar-refractivity contribution is 8.08. The fourth-order valence-corrected chi connectivity index (χ4v) is 6.88. The lowest BCUT2D eigenvalue weighted by Gasteiger charge is -2.12. The zero-order chi connectivity index (χ0) is 26.5. The molecule has 1 aliphatic rings. The number of hydrogen-bond donors (Lipinski definition) is 1. The molecule has 1 saturated carbocycles. The molecule has 0 spiro atoms. The monoisotopic (exact) mass is 545 g/mol. The van der Waals surface area contributed by atoms with Crippen LogP contribution in [0.3, 0.4) is 0 Å². The number of rotatable bonds is 8. The van der Waals surface area contributed by atoms with Crippen molar-refractivity contribution in [3.63, 3.8) is 0 Å². The molecule has 0 aliphatic heterocycles. The van der Waals surface area contributed by atoms with Gasteiger partial charge in [-0.25, -0.2) is 21.6 Å². The lowest BCUT2D eigenvalue weighted by atomic mass is 10.0. The Kier molecular flexibility index (Phi) is 6.58. The van der Waals surface area contributed by atoms with Gasteiger partial charge in [-0.3, -0.25) is 4.72 Å². The molecule has 4 rings (SSSR count). The standard InChI is InChI=1S/C23H22F3NO7S2/c1-3-33-22(28)20-17-10-16(13-4-5-13)18(27-36(31,32)12-35(2,29)30)11-19(17)34-21(20)14-6-8-15(9-7-14)23(24,25)26/h6-11,13,27H,3-5,12H2,1-2H3. The summed E-state index contributed by atoms with van der Waals surface area (Å²) in [5.74, 6) is -0.807. The summed E-state index contributed by atoms with van der Waals surface area (Å²) in [7, 11) is -8.11. The molecule has 1 aromatic heterocycles. The third kappa shape index (κ3) is 5.67. The Bertz CT molecular complexity index is 1540. The summed E-state index contributed by atoms with van der Waals surface area (Å²) in [6, 6.07) is 6.98. The van der Waals surface area contributed by atoms with Crippen LogP contribution in [0.2, 0.25) is 0 Å². The van der Waals surface area contributed by atoms with Crippen LogP contribution in [0.15, 0.2) is 40.8 Å². The Morgan fingerprint density at radius 3 is 2.28 bits per heavy atom. The average Bonchev–Trinajstić information content (AvgIpc) is 3.51. The predicted octanol–water partition coefficient (Wildman–Crippen LogP) is 4.92. The first-order valence-electron chi connectivity index (χ1n) is 10.8. The van der Waals surface area contributed by atoms with Crippen LogP contribution in [-0.2, 0) is 30.8 Å². The maximum absolute atomic E-state index is 13.0. The van der Waals surface area contributed by atoms with E-state index in [0.29, 0.717) is 10.9 Å². The van der Waals surface area contributed by atoms with Gasteiger partial charge in [-0.05, 0) is 49.4 Å². The van der Waals surface area contributed by atoms with Crippen LogP contribution >= 0.6 is 0 Å². The minimum Gasteiger partial charge on any atom is -0.462 e. The van der Waals surface area contributed by atoms with Crippen molar-refractivity contribution >= 4 is 42.5 Å². The van der Waals surface area contributed by atoms with E-state index in [0.717, 1.165) is 31.2 Å². The normalized spacial score (nSPS) is 14.7. The van der Waals surface area contributed by atoms with Crippen LogP contribution in [0, 0.1) is 0 Å². The molecule has 0 amide bonds. The number of anilines is 1. The molecule has 13 heteroatoms. The molecule has 1 aliphatic carbocycles. The summed E-state index contributed by atoms with van der Waals surface area (Å²) in [6.45, 7) is 1.64. The Balaban J connectivity index is 1.88. The van der Waals surface area contributed by atoms with Crippen molar-refractivity contribution in [3.05, 3.63) is 53.1 Å². The van der Waals surface area contributed by atoms with Crippen LogP contribution in [0.4, 0.5) is 18.9 Å². The van der Waals surface area contributed by atoms with Crippen LogP contribution < -0.4 is 4.72 Å². The molecule has 1 fully saturated rings. The van der Waals surface area contributed by atoms with Gasteiger partial charge in [0, 0.05) is 23.3 Å². The van der Waals surface area contributed by atoms with Crippen molar-refractivity contribution in [1.82, 2.24) is 0 Å². The van der Waals surface area contributed by atoms with Gasteiger partial charge in [-0.1, -0.05) is 12.1 Å². The second-order valence-corrected chi connectivity index (χ2v) is 12.8. The number of sulfonamides is 1. The van der Waals surface area contributed by atoms with Gasteiger partial charge in [-0.2, -0.15) is 13.2 Å². The second kappa shape index (κ2) is 9.11. The van der Waals surface area contributed by atoms with E-state index in [1.807, 2.05) is 0 Å². The highest BCUT2D eigenvalue weighted by Gasteiger charge is 2.33. The number of carbonyl (C=O) groups is 1. The quantitative estimate of drug-likeness (QED) is 0.399. The van der Waals surface area contributed by atoms with Gasteiger partial charge < -0.3 is 9.15 Å². The molecule has 0 radical (unpaired) electrons. The molecular weight excluding hydrogens is 523 g/mol. The summed E-state index contributed by atoms with van der Waals surface area (Å²) >= 11 is 0. The number of carbonyl (C=O) groups excluding carboxylic acids is 1. The van der Waals surface area contributed by atoms with Gasteiger partial charge in [0.2, 0.25) is 10.0 Å². The zero-order valence-electron chi connectivity index (χ0n) is 19.2. The fourth-order valence-electron chi connectivity index (χ4n) is 3.88. The lowest BCUT2D eigenvalue weighted by Crippen LogP contribution is -2.22. The number of ether oxygens (including phenoxy) is 1. The number of nitrogens with one attached hydrogen (secondary N) is 1. The fraction of sp³-hybridized carbons (Fsp3) is 0.348. The molecule has 0 atom stereocenters. The molecule has 0 unspecified atom stereocenters. The van der Waals surface area contributed by atoms with E-state index in [1.54, 1.807) is 13.0 Å². The first-order chi connectivity index (χ1) is 16.7. The van der Waals surface area contributed by atoms with Gasteiger partial charge in [0.25, 0.3) is 0 Å². The molecule has 2 aromatic carbocycles. The molecule has 1 N–H and O–H groups in total.